The maximum atomic E-state index is 11.9. The average molecular weight is 296 g/mol. The Labute approximate surface area is 116 Å². The molecule has 0 heterocycles. The van der Waals surface area contributed by atoms with Gasteiger partial charge in [-0.15, -0.1) is 11.6 Å². The molecule has 0 aliphatic heterocycles. The van der Waals surface area contributed by atoms with Crippen molar-refractivity contribution in [2.75, 3.05) is 13.0 Å². The number of alkyl halides is 1. The topological polar surface area (TPSA) is 26.3 Å². The van der Waals surface area contributed by atoms with Crippen molar-refractivity contribution in [3.8, 4) is 5.75 Å². The monoisotopic (exact) mass is 294 g/mol. The standard InChI is InChI=1S/C12H13Cl3O2/c1-17-12-6-8(9(14)7-10(12)15)11(16)4-2-3-5-13/h6-7H,2-5H2,1H3. The fourth-order valence-corrected chi connectivity index (χ4v) is 2.17. The van der Waals surface area contributed by atoms with E-state index in [1.807, 2.05) is 0 Å². The van der Waals surface area contributed by atoms with Crippen LogP contribution in [0.1, 0.15) is 29.6 Å². The largest absolute Gasteiger partial charge is 0.495 e. The Hall–Kier alpha value is -0.440. The first-order valence-corrected chi connectivity index (χ1v) is 6.51. The normalized spacial score (nSPS) is 10.4. The number of hydrogen-bond acceptors (Lipinski definition) is 2. The summed E-state index contributed by atoms with van der Waals surface area (Å²) in [4.78, 5) is 11.9. The smallest absolute Gasteiger partial charge is 0.164 e. The fraction of sp³-hybridized carbons (Fsp3) is 0.417. The van der Waals surface area contributed by atoms with Gasteiger partial charge in [0, 0.05) is 17.9 Å². The van der Waals surface area contributed by atoms with Gasteiger partial charge in [-0.05, 0) is 25.0 Å². The number of methoxy groups -OCH3 is 1. The molecule has 0 saturated carbocycles. The molecule has 1 rings (SSSR count). The lowest BCUT2D eigenvalue weighted by Crippen LogP contribution is -2.01. The van der Waals surface area contributed by atoms with Gasteiger partial charge >= 0.3 is 0 Å². The zero-order chi connectivity index (χ0) is 12.8. The lowest BCUT2D eigenvalue weighted by Gasteiger charge is -2.08. The minimum atomic E-state index is -0.0184. The van der Waals surface area contributed by atoms with E-state index in [-0.39, 0.29) is 5.78 Å². The van der Waals surface area contributed by atoms with E-state index in [0.717, 1.165) is 12.8 Å². The van der Waals surface area contributed by atoms with E-state index in [4.69, 9.17) is 39.5 Å². The van der Waals surface area contributed by atoms with Crippen molar-refractivity contribution in [3.63, 3.8) is 0 Å². The van der Waals surface area contributed by atoms with Gasteiger partial charge in [-0.25, -0.2) is 0 Å². The molecule has 17 heavy (non-hydrogen) atoms. The molecular formula is C12H13Cl3O2. The number of halogens is 3. The first-order valence-electron chi connectivity index (χ1n) is 5.22. The van der Waals surface area contributed by atoms with Crippen molar-refractivity contribution < 1.29 is 9.53 Å². The van der Waals surface area contributed by atoms with Crippen LogP contribution >= 0.6 is 34.8 Å². The number of Topliss-reactive ketones (excluding diaryl/α,β-unsaturated/α-hetero) is 1. The third-order valence-electron chi connectivity index (χ3n) is 2.33. The number of hydrogen-bond donors (Lipinski definition) is 0. The first-order chi connectivity index (χ1) is 8.10. The maximum Gasteiger partial charge on any atom is 0.164 e. The Kier molecular flexibility index (Phi) is 6.10. The third-order valence-corrected chi connectivity index (χ3v) is 3.20. The van der Waals surface area contributed by atoms with Crippen LogP contribution in [-0.4, -0.2) is 18.8 Å². The van der Waals surface area contributed by atoms with Gasteiger partial charge in [0.05, 0.1) is 17.2 Å². The van der Waals surface area contributed by atoms with Gasteiger partial charge in [0.15, 0.2) is 5.78 Å². The van der Waals surface area contributed by atoms with E-state index in [1.54, 1.807) is 6.07 Å². The van der Waals surface area contributed by atoms with Crippen molar-refractivity contribution in [1.29, 1.82) is 0 Å². The molecule has 0 radical (unpaired) electrons. The molecule has 0 saturated heterocycles. The molecule has 0 N–H and O–H groups in total. The van der Waals surface area contributed by atoms with Crippen molar-refractivity contribution >= 4 is 40.6 Å². The highest BCUT2D eigenvalue weighted by Crippen LogP contribution is 2.31. The summed E-state index contributed by atoms with van der Waals surface area (Å²) in [6, 6.07) is 3.10. The Morgan fingerprint density at radius 2 is 1.94 bits per heavy atom. The predicted molar refractivity (Wildman–Crippen MR) is 71.9 cm³/mol. The highest BCUT2D eigenvalue weighted by atomic mass is 35.5. The molecule has 1 aromatic carbocycles. The van der Waals surface area contributed by atoms with Crippen LogP contribution in [0.5, 0.6) is 5.75 Å². The van der Waals surface area contributed by atoms with E-state index in [0.29, 0.717) is 33.7 Å². The van der Waals surface area contributed by atoms with Crippen molar-refractivity contribution in [3.05, 3.63) is 27.7 Å². The van der Waals surface area contributed by atoms with Crippen molar-refractivity contribution in [2.24, 2.45) is 0 Å². The van der Waals surface area contributed by atoms with Gasteiger partial charge in [-0.1, -0.05) is 23.2 Å². The molecule has 94 valence electrons. The van der Waals surface area contributed by atoms with Crippen molar-refractivity contribution in [2.45, 2.75) is 19.3 Å². The lowest BCUT2D eigenvalue weighted by atomic mass is 10.1. The van der Waals surface area contributed by atoms with Crippen LogP contribution in [0.3, 0.4) is 0 Å². The number of ether oxygens (including phenoxy) is 1. The Morgan fingerprint density at radius 3 is 2.53 bits per heavy atom. The summed E-state index contributed by atoms with van der Waals surface area (Å²) in [5.74, 6) is 0.997. The summed E-state index contributed by atoms with van der Waals surface area (Å²) in [5, 5.41) is 0.751. The van der Waals surface area contributed by atoms with Gasteiger partial charge in [0.1, 0.15) is 5.75 Å². The molecule has 0 amide bonds. The molecule has 2 nitrogen and oxygen atoms in total. The predicted octanol–water partition coefficient (Wildman–Crippen LogP) is 4.59. The molecule has 0 fully saturated rings. The second-order valence-electron chi connectivity index (χ2n) is 3.54. The van der Waals surface area contributed by atoms with Gasteiger partial charge in [-0.2, -0.15) is 0 Å². The Bertz CT molecular complexity index is 405. The molecule has 0 aromatic heterocycles. The zero-order valence-corrected chi connectivity index (χ0v) is 11.7. The van der Waals surface area contributed by atoms with Crippen LogP contribution in [0.15, 0.2) is 12.1 Å². The van der Waals surface area contributed by atoms with Crippen LogP contribution in [0.2, 0.25) is 10.0 Å². The highest BCUT2D eigenvalue weighted by Gasteiger charge is 2.14. The summed E-state index contributed by atoms with van der Waals surface area (Å²) in [6.07, 6.45) is 2.00. The molecule has 0 aliphatic rings. The summed E-state index contributed by atoms with van der Waals surface area (Å²) in [5.41, 5.74) is 0.447. The summed E-state index contributed by atoms with van der Waals surface area (Å²) >= 11 is 17.4. The van der Waals surface area contributed by atoms with E-state index in [2.05, 4.69) is 0 Å². The minimum Gasteiger partial charge on any atom is -0.495 e. The number of unbranched alkanes of at least 4 members (excludes halogenated alkanes) is 1. The van der Waals surface area contributed by atoms with Gasteiger partial charge < -0.3 is 4.74 Å². The fourth-order valence-electron chi connectivity index (χ4n) is 1.41. The van der Waals surface area contributed by atoms with E-state index >= 15 is 0 Å². The summed E-state index contributed by atoms with van der Waals surface area (Å²) in [7, 11) is 1.50. The highest BCUT2D eigenvalue weighted by molar-refractivity contribution is 6.37. The summed E-state index contributed by atoms with van der Waals surface area (Å²) in [6.45, 7) is 0. The van der Waals surface area contributed by atoms with Crippen LogP contribution in [0.25, 0.3) is 0 Å². The number of rotatable bonds is 6. The number of ketones is 1. The van der Waals surface area contributed by atoms with Crippen LogP contribution in [0, 0.1) is 0 Å². The molecule has 5 heteroatoms. The van der Waals surface area contributed by atoms with Crippen molar-refractivity contribution in [1.82, 2.24) is 0 Å². The maximum absolute atomic E-state index is 11.9. The molecular weight excluding hydrogens is 282 g/mol. The van der Waals surface area contributed by atoms with Crippen LogP contribution in [-0.2, 0) is 0 Å². The number of carbonyl (C=O) groups excluding carboxylic acids is 1. The van der Waals surface area contributed by atoms with E-state index < -0.39 is 0 Å². The first kappa shape index (κ1) is 14.6. The van der Waals surface area contributed by atoms with Crippen LogP contribution < -0.4 is 4.74 Å². The second-order valence-corrected chi connectivity index (χ2v) is 4.73. The molecule has 1 aromatic rings. The van der Waals surface area contributed by atoms with Gasteiger partial charge in [0.25, 0.3) is 0 Å². The summed E-state index contributed by atoms with van der Waals surface area (Å²) < 4.78 is 5.05. The van der Waals surface area contributed by atoms with E-state index in [9.17, 15) is 4.79 Å². The molecule has 0 unspecified atom stereocenters. The Balaban J connectivity index is 2.85. The third kappa shape index (κ3) is 4.06. The molecule has 0 spiro atoms. The average Bonchev–Trinajstić information content (AvgIpc) is 2.29. The quantitative estimate of drug-likeness (QED) is 0.436. The lowest BCUT2D eigenvalue weighted by molar-refractivity contribution is 0.0979. The molecule has 0 aliphatic carbocycles. The second kappa shape index (κ2) is 7.10. The Morgan fingerprint density at radius 1 is 1.24 bits per heavy atom. The SMILES string of the molecule is COc1cc(C(=O)CCCCCl)c(Cl)cc1Cl. The van der Waals surface area contributed by atoms with Gasteiger partial charge in [-0.3, -0.25) is 4.79 Å². The van der Waals surface area contributed by atoms with Gasteiger partial charge in [0.2, 0.25) is 0 Å². The minimum absolute atomic E-state index is 0.0184. The molecule has 0 bridgehead atoms. The molecule has 0 atom stereocenters. The zero-order valence-electron chi connectivity index (χ0n) is 9.43. The van der Waals surface area contributed by atoms with E-state index in [1.165, 1.54) is 13.2 Å². The number of carbonyl (C=O) groups is 1. The number of benzene rings is 1. The van der Waals surface area contributed by atoms with Crippen LogP contribution in [0.4, 0.5) is 0 Å².